The molecule has 35 heavy (non-hydrogen) atoms. The number of alkyl halides is 3. The molecule has 0 aromatic heterocycles. The average Bonchev–Trinajstić information content (AvgIpc) is 3.10. The van der Waals surface area contributed by atoms with Crippen molar-refractivity contribution in [2.24, 2.45) is 28.6 Å². The molecule has 0 spiro atoms. The molecule has 2 heterocycles. The summed E-state index contributed by atoms with van der Waals surface area (Å²) < 4.78 is 38.8. The highest BCUT2D eigenvalue weighted by atomic mass is 19.4. The molecule has 3 fully saturated rings. The van der Waals surface area contributed by atoms with Crippen molar-refractivity contribution in [1.29, 1.82) is 0 Å². The number of rotatable bonds is 7. The zero-order valence-corrected chi connectivity index (χ0v) is 20.7. The molecule has 1 unspecified atom stereocenters. The van der Waals surface area contributed by atoms with Gasteiger partial charge in [-0.3, -0.25) is 19.2 Å². The Labute approximate surface area is 202 Å². The molecule has 1 saturated carbocycles. The molecule has 12 heteroatoms. The Morgan fingerprint density at radius 1 is 1.20 bits per heavy atom. The molecule has 6 atom stereocenters. The summed E-state index contributed by atoms with van der Waals surface area (Å²) >= 11 is 0. The third kappa shape index (κ3) is 5.41. The molecule has 1 aliphatic carbocycles. The van der Waals surface area contributed by atoms with Gasteiger partial charge in [-0.25, -0.2) is 0 Å². The summed E-state index contributed by atoms with van der Waals surface area (Å²) in [6.45, 7) is 8.84. The van der Waals surface area contributed by atoms with Crippen molar-refractivity contribution in [2.75, 3.05) is 19.7 Å². The summed E-state index contributed by atoms with van der Waals surface area (Å²) in [4.78, 5) is 51.7. The van der Waals surface area contributed by atoms with Gasteiger partial charge in [0.1, 0.15) is 12.1 Å². The van der Waals surface area contributed by atoms with Crippen LogP contribution < -0.4 is 16.0 Å². The first-order chi connectivity index (χ1) is 16.0. The minimum Gasteiger partial charge on any atom is -0.394 e. The number of aliphatic hydroxyl groups is 1. The Kier molecular flexibility index (Phi) is 7.20. The minimum atomic E-state index is -5.16. The fourth-order valence-corrected chi connectivity index (χ4v) is 5.52. The summed E-state index contributed by atoms with van der Waals surface area (Å²) in [5.74, 6) is -4.22. The van der Waals surface area contributed by atoms with E-state index in [1.54, 1.807) is 0 Å². The summed E-state index contributed by atoms with van der Waals surface area (Å²) in [5.41, 5.74) is -1.30. The quantitative estimate of drug-likeness (QED) is 0.403. The van der Waals surface area contributed by atoms with Crippen LogP contribution in [0.1, 0.15) is 47.5 Å². The second-order valence-electron chi connectivity index (χ2n) is 11.6. The fourth-order valence-electron chi connectivity index (χ4n) is 5.52. The van der Waals surface area contributed by atoms with E-state index in [2.05, 4.69) is 10.6 Å². The van der Waals surface area contributed by atoms with E-state index in [1.807, 2.05) is 19.2 Å². The zero-order valence-electron chi connectivity index (χ0n) is 20.7. The van der Waals surface area contributed by atoms with E-state index in [0.29, 0.717) is 13.0 Å². The molecule has 9 nitrogen and oxygen atoms in total. The first-order valence-corrected chi connectivity index (χ1v) is 11.9. The van der Waals surface area contributed by atoms with Crippen LogP contribution in [0, 0.1) is 28.6 Å². The van der Waals surface area contributed by atoms with Gasteiger partial charge in [-0.15, -0.1) is 0 Å². The van der Waals surface area contributed by atoms with E-state index < -0.39 is 54.0 Å². The summed E-state index contributed by atoms with van der Waals surface area (Å²) in [6, 6.07) is -3.16. The molecule has 4 N–H and O–H groups in total. The largest absolute Gasteiger partial charge is 0.471 e. The standard InChI is InChI=1S/C23H35F3N4O5/c1-21(2,3)16(29-20(35)23(24,25)26)19(34)30-9-13-14(22(13,4)5)15(30)18(33)28-12(10-31)8-11-6-7-27-17(11)32/h11-16,31H,6-10H2,1-5H3,(H,27,32)(H,28,33)(H,29,35)/t11-,12-,13?,14-,15-,16+/m0/s1. The number of carbonyl (C=O) groups excluding carboxylic acids is 4. The molecular formula is C23H35F3N4O5. The highest BCUT2D eigenvalue weighted by molar-refractivity contribution is 5.95. The van der Waals surface area contributed by atoms with Crippen molar-refractivity contribution in [1.82, 2.24) is 20.9 Å². The number of amides is 4. The maximum atomic E-state index is 13.5. The van der Waals surface area contributed by atoms with E-state index >= 15 is 0 Å². The number of aliphatic hydroxyl groups excluding tert-OH is 1. The SMILES string of the molecule is CC(C)(C)[C@H](NC(=O)C(F)(F)F)C(=O)N1CC2[C@@H]([C@H]1C(=O)N[C@H](CO)C[C@@H]1CCNC1=O)C2(C)C. The maximum absolute atomic E-state index is 13.5. The predicted octanol–water partition coefficient (Wildman–Crippen LogP) is 0.566. The number of piperidine rings is 1. The van der Waals surface area contributed by atoms with Gasteiger partial charge in [0, 0.05) is 19.0 Å². The third-order valence-electron chi connectivity index (χ3n) is 7.70. The minimum absolute atomic E-state index is 0.0191. The normalized spacial score (nSPS) is 29.2. The number of fused-ring (bicyclic) bond motifs is 1. The number of hydrogen-bond donors (Lipinski definition) is 4. The number of hydrogen-bond acceptors (Lipinski definition) is 5. The second kappa shape index (κ2) is 9.25. The smallest absolute Gasteiger partial charge is 0.394 e. The predicted molar refractivity (Wildman–Crippen MR) is 118 cm³/mol. The van der Waals surface area contributed by atoms with Gasteiger partial charge in [-0.1, -0.05) is 34.6 Å². The number of nitrogens with zero attached hydrogens (tertiary/aromatic N) is 1. The summed E-state index contributed by atoms with van der Waals surface area (Å²) in [7, 11) is 0. The maximum Gasteiger partial charge on any atom is 0.471 e. The van der Waals surface area contributed by atoms with Gasteiger partial charge in [0.2, 0.25) is 17.7 Å². The van der Waals surface area contributed by atoms with E-state index in [4.69, 9.17) is 0 Å². The van der Waals surface area contributed by atoms with Crippen LogP contribution in [0.2, 0.25) is 0 Å². The van der Waals surface area contributed by atoms with Gasteiger partial charge in [0.25, 0.3) is 0 Å². The van der Waals surface area contributed by atoms with Crippen molar-refractivity contribution in [3.63, 3.8) is 0 Å². The number of carbonyl (C=O) groups is 4. The van der Waals surface area contributed by atoms with Crippen molar-refractivity contribution in [3.05, 3.63) is 0 Å². The van der Waals surface area contributed by atoms with Crippen LogP contribution >= 0.6 is 0 Å². The van der Waals surface area contributed by atoms with Crippen molar-refractivity contribution < 1.29 is 37.5 Å². The monoisotopic (exact) mass is 504 g/mol. The molecule has 198 valence electrons. The fraction of sp³-hybridized carbons (Fsp3) is 0.826. The third-order valence-corrected chi connectivity index (χ3v) is 7.70. The Morgan fingerprint density at radius 2 is 1.83 bits per heavy atom. The van der Waals surface area contributed by atoms with Crippen molar-refractivity contribution in [2.45, 2.75) is 71.8 Å². The molecule has 0 aromatic rings. The van der Waals surface area contributed by atoms with Gasteiger partial charge in [-0.2, -0.15) is 13.2 Å². The lowest BCUT2D eigenvalue weighted by molar-refractivity contribution is -0.176. The Morgan fingerprint density at radius 3 is 2.31 bits per heavy atom. The molecule has 2 saturated heterocycles. The lowest BCUT2D eigenvalue weighted by atomic mass is 9.85. The molecule has 4 amide bonds. The molecule has 0 radical (unpaired) electrons. The molecular weight excluding hydrogens is 469 g/mol. The summed E-state index contributed by atoms with van der Waals surface area (Å²) in [5, 5.41) is 17.1. The number of nitrogens with one attached hydrogen (secondary N) is 3. The van der Waals surface area contributed by atoms with Crippen molar-refractivity contribution >= 4 is 23.6 Å². The Balaban J connectivity index is 1.80. The van der Waals surface area contributed by atoms with Gasteiger partial charge in [0.05, 0.1) is 12.6 Å². The van der Waals surface area contributed by atoms with Gasteiger partial charge < -0.3 is 26.0 Å². The number of halogens is 3. The molecule has 3 rings (SSSR count). The topological polar surface area (TPSA) is 128 Å². The average molecular weight is 505 g/mol. The second-order valence-corrected chi connectivity index (χ2v) is 11.6. The van der Waals surface area contributed by atoms with Gasteiger partial charge >= 0.3 is 12.1 Å². The van der Waals surface area contributed by atoms with Gasteiger partial charge in [-0.05, 0) is 35.5 Å². The van der Waals surface area contributed by atoms with Crippen LogP contribution in [0.4, 0.5) is 13.2 Å². The zero-order chi connectivity index (χ0) is 26.5. The molecule has 3 aliphatic rings. The highest BCUT2D eigenvalue weighted by Crippen LogP contribution is 2.65. The lowest BCUT2D eigenvalue weighted by Gasteiger charge is -2.38. The first kappa shape index (κ1) is 27.2. The van der Waals surface area contributed by atoms with E-state index in [9.17, 15) is 37.5 Å². The van der Waals surface area contributed by atoms with E-state index in [-0.39, 0.29) is 42.0 Å². The van der Waals surface area contributed by atoms with Crippen molar-refractivity contribution in [3.8, 4) is 0 Å². The van der Waals surface area contributed by atoms with Crippen LogP contribution in [-0.2, 0) is 19.2 Å². The van der Waals surface area contributed by atoms with Crippen LogP contribution in [0.15, 0.2) is 0 Å². The van der Waals surface area contributed by atoms with Crippen LogP contribution in [0.5, 0.6) is 0 Å². The van der Waals surface area contributed by atoms with Crippen LogP contribution in [0.25, 0.3) is 0 Å². The number of likely N-dealkylation sites (tertiary alicyclic amines) is 1. The highest BCUT2D eigenvalue weighted by Gasteiger charge is 2.70. The van der Waals surface area contributed by atoms with Crippen LogP contribution in [0.3, 0.4) is 0 Å². The Hall–Kier alpha value is -2.37. The molecule has 2 aliphatic heterocycles. The lowest BCUT2D eigenvalue weighted by Crippen LogP contribution is -2.61. The van der Waals surface area contributed by atoms with E-state index in [0.717, 1.165) is 0 Å². The molecule has 0 bridgehead atoms. The van der Waals surface area contributed by atoms with Gasteiger partial charge in [0.15, 0.2) is 0 Å². The van der Waals surface area contributed by atoms with Crippen LogP contribution in [-0.4, -0.2) is 77.6 Å². The Bertz CT molecular complexity index is 885. The summed E-state index contributed by atoms with van der Waals surface area (Å²) in [6.07, 6.45) is -4.34. The first-order valence-electron chi connectivity index (χ1n) is 11.9. The van der Waals surface area contributed by atoms with E-state index in [1.165, 1.54) is 25.7 Å². The molecule has 0 aromatic carbocycles.